The standard InChI is InChI=1S/C14H30N4O/c1-5-18(6-2)12(3)10-16-14(15-4)17-11-13-8-7-9-19-13/h12-13H,5-11H2,1-4H3,(H2,15,16,17). The molecule has 0 spiro atoms. The third kappa shape index (κ3) is 5.78. The van der Waals surface area contributed by atoms with Gasteiger partial charge in [-0.05, 0) is 32.9 Å². The van der Waals surface area contributed by atoms with E-state index in [0.717, 1.165) is 45.2 Å². The molecule has 19 heavy (non-hydrogen) atoms. The molecule has 5 nitrogen and oxygen atoms in total. The summed E-state index contributed by atoms with van der Waals surface area (Å²) in [5, 5.41) is 6.72. The van der Waals surface area contributed by atoms with Crippen molar-refractivity contribution < 1.29 is 4.74 Å². The average molecular weight is 270 g/mol. The monoisotopic (exact) mass is 270 g/mol. The second-order valence-electron chi connectivity index (χ2n) is 5.04. The summed E-state index contributed by atoms with van der Waals surface area (Å²) in [5.41, 5.74) is 0. The smallest absolute Gasteiger partial charge is 0.191 e. The van der Waals surface area contributed by atoms with Gasteiger partial charge in [-0.3, -0.25) is 9.89 Å². The molecule has 0 bridgehead atoms. The van der Waals surface area contributed by atoms with Gasteiger partial charge >= 0.3 is 0 Å². The third-order valence-electron chi connectivity index (χ3n) is 3.75. The molecule has 0 saturated carbocycles. The van der Waals surface area contributed by atoms with Crippen LogP contribution in [0.5, 0.6) is 0 Å². The SMILES string of the molecule is CCN(CC)C(C)CNC(=NC)NCC1CCCO1. The molecule has 2 atom stereocenters. The highest BCUT2D eigenvalue weighted by Crippen LogP contribution is 2.10. The minimum Gasteiger partial charge on any atom is -0.376 e. The molecular formula is C14H30N4O. The molecule has 1 aliphatic heterocycles. The van der Waals surface area contributed by atoms with E-state index in [1.807, 2.05) is 7.05 Å². The molecule has 0 radical (unpaired) electrons. The van der Waals surface area contributed by atoms with Gasteiger partial charge in [0, 0.05) is 32.8 Å². The Morgan fingerprint density at radius 3 is 2.63 bits per heavy atom. The first-order valence-corrected chi connectivity index (χ1v) is 7.51. The van der Waals surface area contributed by atoms with E-state index in [2.05, 4.69) is 41.3 Å². The minimum atomic E-state index is 0.346. The van der Waals surface area contributed by atoms with Gasteiger partial charge in [0.1, 0.15) is 0 Å². The van der Waals surface area contributed by atoms with Crippen LogP contribution in [-0.2, 0) is 4.74 Å². The lowest BCUT2D eigenvalue weighted by Gasteiger charge is -2.27. The summed E-state index contributed by atoms with van der Waals surface area (Å²) < 4.78 is 5.59. The molecule has 5 heteroatoms. The second kappa shape index (κ2) is 9.15. The number of hydrogen-bond acceptors (Lipinski definition) is 3. The van der Waals surface area contributed by atoms with E-state index in [1.165, 1.54) is 6.42 Å². The quantitative estimate of drug-likeness (QED) is 0.536. The number of rotatable bonds is 7. The van der Waals surface area contributed by atoms with E-state index in [1.54, 1.807) is 0 Å². The van der Waals surface area contributed by atoms with Gasteiger partial charge in [0.15, 0.2) is 5.96 Å². The Morgan fingerprint density at radius 2 is 2.11 bits per heavy atom. The van der Waals surface area contributed by atoms with Gasteiger partial charge in [0.25, 0.3) is 0 Å². The van der Waals surface area contributed by atoms with Crippen molar-refractivity contribution in [2.75, 3.05) is 39.8 Å². The molecule has 112 valence electrons. The molecule has 1 rings (SSSR count). The zero-order chi connectivity index (χ0) is 14.1. The number of nitrogens with zero attached hydrogens (tertiary/aromatic N) is 2. The topological polar surface area (TPSA) is 48.9 Å². The van der Waals surface area contributed by atoms with Crippen molar-refractivity contribution in [2.45, 2.75) is 45.8 Å². The number of aliphatic imine (C=N–C) groups is 1. The Bertz CT molecular complexity index is 260. The zero-order valence-electron chi connectivity index (χ0n) is 12.9. The fourth-order valence-corrected chi connectivity index (χ4v) is 2.46. The van der Waals surface area contributed by atoms with Crippen LogP contribution in [0.15, 0.2) is 4.99 Å². The predicted octanol–water partition coefficient (Wildman–Crippen LogP) is 1.06. The molecule has 1 fully saturated rings. The van der Waals surface area contributed by atoms with Crippen molar-refractivity contribution in [1.82, 2.24) is 15.5 Å². The van der Waals surface area contributed by atoms with Gasteiger partial charge in [0.2, 0.25) is 0 Å². The lowest BCUT2D eigenvalue weighted by atomic mass is 10.2. The summed E-state index contributed by atoms with van der Waals surface area (Å²) >= 11 is 0. The van der Waals surface area contributed by atoms with Crippen molar-refractivity contribution >= 4 is 5.96 Å². The van der Waals surface area contributed by atoms with Gasteiger partial charge in [-0.2, -0.15) is 0 Å². The Labute approximate surface area is 117 Å². The first-order chi connectivity index (χ1) is 9.21. The van der Waals surface area contributed by atoms with E-state index in [9.17, 15) is 0 Å². The van der Waals surface area contributed by atoms with Crippen LogP contribution in [0, 0.1) is 0 Å². The maximum absolute atomic E-state index is 5.59. The summed E-state index contributed by atoms with van der Waals surface area (Å²) in [6.07, 6.45) is 2.68. The molecule has 0 aromatic heterocycles. The van der Waals surface area contributed by atoms with Crippen LogP contribution in [-0.4, -0.2) is 62.8 Å². The maximum atomic E-state index is 5.59. The van der Waals surface area contributed by atoms with E-state index >= 15 is 0 Å². The number of hydrogen-bond donors (Lipinski definition) is 2. The Morgan fingerprint density at radius 1 is 1.37 bits per heavy atom. The normalized spacial score (nSPS) is 21.7. The lowest BCUT2D eigenvalue weighted by Crippen LogP contribution is -2.47. The average Bonchev–Trinajstić information content (AvgIpc) is 2.93. The van der Waals surface area contributed by atoms with Crippen LogP contribution in [0.4, 0.5) is 0 Å². The fraction of sp³-hybridized carbons (Fsp3) is 0.929. The molecule has 1 heterocycles. The summed E-state index contributed by atoms with van der Waals surface area (Å²) in [7, 11) is 1.81. The third-order valence-corrected chi connectivity index (χ3v) is 3.75. The Hall–Kier alpha value is -0.810. The second-order valence-corrected chi connectivity index (χ2v) is 5.04. The fourth-order valence-electron chi connectivity index (χ4n) is 2.46. The highest BCUT2D eigenvalue weighted by atomic mass is 16.5. The molecule has 0 amide bonds. The lowest BCUT2D eigenvalue weighted by molar-refractivity contribution is 0.113. The van der Waals surface area contributed by atoms with Gasteiger partial charge in [0.05, 0.1) is 6.10 Å². The van der Waals surface area contributed by atoms with Crippen LogP contribution >= 0.6 is 0 Å². The highest BCUT2D eigenvalue weighted by Gasteiger charge is 2.16. The Kier molecular flexibility index (Phi) is 7.82. The molecule has 0 aliphatic carbocycles. The molecule has 1 aliphatic rings. The van der Waals surface area contributed by atoms with E-state index in [0.29, 0.717) is 12.1 Å². The van der Waals surface area contributed by atoms with Crippen LogP contribution < -0.4 is 10.6 Å². The van der Waals surface area contributed by atoms with Crippen LogP contribution in [0.1, 0.15) is 33.6 Å². The number of guanidine groups is 1. The molecular weight excluding hydrogens is 240 g/mol. The summed E-state index contributed by atoms with van der Waals surface area (Å²) in [6.45, 7) is 11.5. The molecule has 0 aromatic rings. The van der Waals surface area contributed by atoms with Crippen molar-refractivity contribution in [2.24, 2.45) is 4.99 Å². The summed E-state index contributed by atoms with van der Waals surface area (Å²) in [4.78, 5) is 6.68. The van der Waals surface area contributed by atoms with Gasteiger partial charge in [-0.25, -0.2) is 0 Å². The van der Waals surface area contributed by atoms with E-state index in [4.69, 9.17) is 4.74 Å². The summed E-state index contributed by atoms with van der Waals surface area (Å²) in [6, 6.07) is 0.510. The summed E-state index contributed by atoms with van der Waals surface area (Å²) in [5.74, 6) is 0.870. The van der Waals surface area contributed by atoms with Gasteiger partial charge in [-0.15, -0.1) is 0 Å². The Balaban J connectivity index is 2.24. The van der Waals surface area contributed by atoms with Gasteiger partial charge < -0.3 is 15.4 Å². The number of likely N-dealkylation sites (N-methyl/N-ethyl adjacent to an activating group) is 1. The molecule has 2 N–H and O–H groups in total. The molecule has 1 saturated heterocycles. The van der Waals surface area contributed by atoms with Crippen LogP contribution in [0.2, 0.25) is 0 Å². The highest BCUT2D eigenvalue weighted by molar-refractivity contribution is 5.79. The zero-order valence-corrected chi connectivity index (χ0v) is 12.9. The molecule has 0 aromatic carbocycles. The number of ether oxygens (including phenoxy) is 1. The predicted molar refractivity (Wildman–Crippen MR) is 80.7 cm³/mol. The van der Waals surface area contributed by atoms with Crippen molar-refractivity contribution in [3.05, 3.63) is 0 Å². The van der Waals surface area contributed by atoms with E-state index in [-0.39, 0.29) is 0 Å². The molecule has 2 unspecified atom stereocenters. The van der Waals surface area contributed by atoms with Crippen LogP contribution in [0.3, 0.4) is 0 Å². The first-order valence-electron chi connectivity index (χ1n) is 7.51. The van der Waals surface area contributed by atoms with Crippen LogP contribution in [0.25, 0.3) is 0 Å². The number of nitrogens with one attached hydrogen (secondary N) is 2. The van der Waals surface area contributed by atoms with E-state index < -0.39 is 0 Å². The van der Waals surface area contributed by atoms with Crippen molar-refractivity contribution in [1.29, 1.82) is 0 Å². The first kappa shape index (κ1) is 16.2. The van der Waals surface area contributed by atoms with Crippen molar-refractivity contribution in [3.8, 4) is 0 Å². The van der Waals surface area contributed by atoms with Crippen molar-refractivity contribution in [3.63, 3.8) is 0 Å². The largest absolute Gasteiger partial charge is 0.376 e. The van der Waals surface area contributed by atoms with Gasteiger partial charge in [-0.1, -0.05) is 13.8 Å². The minimum absolute atomic E-state index is 0.346. The maximum Gasteiger partial charge on any atom is 0.191 e.